The van der Waals surface area contributed by atoms with Gasteiger partial charge in [-0.3, -0.25) is 4.79 Å². The standard InChI is InChI=1S/C13H10N4O/c14-17-16-12-9-5-4-8-11(12)13(18)15-10-6-2-1-3-7-10/h1-9H,(H,15,18). The molecule has 0 saturated carbocycles. The molecule has 0 saturated heterocycles. The molecule has 0 atom stereocenters. The Balaban J connectivity index is 2.27. The summed E-state index contributed by atoms with van der Waals surface area (Å²) >= 11 is 0. The van der Waals surface area contributed by atoms with Crippen molar-refractivity contribution in [3.63, 3.8) is 0 Å². The van der Waals surface area contributed by atoms with Gasteiger partial charge in [-0.2, -0.15) is 0 Å². The van der Waals surface area contributed by atoms with Gasteiger partial charge in [0.2, 0.25) is 0 Å². The van der Waals surface area contributed by atoms with E-state index < -0.39 is 0 Å². The highest BCUT2D eigenvalue weighted by molar-refractivity contribution is 6.07. The lowest BCUT2D eigenvalue weighted by molar-refractivity contribution is 0.102. The Morgan fingerprint density at radius 3 is 2.44 bits per heavy atom. The third-order valence-electron chi connectivity index (χ3n) is 2.33. The van der Waals surface area contributed by atoms with Gasteiger partial charge in [-0.25, -0.2) is 0 Å². The second-order valence-corrected chi connectivity index (χ2v) is 3.53. The third-order valence-corrected chi connectivity index (χ3v) is 2.33. The third kappa shape index (κ3) is 2.66. The first-order chi connectivity index (χ1) is 8.81. The average molecular weight is 238 g/mol. The number of amides is 1. The lowest BCUT2D eigenvalue weighted by Crippen LogP contribution is -2.11. The summed E-state index contributed by atoms with van der Waals surface area (Å²) in [6.07, 6.45) is 0. The van der Waals surface area contributed by atoms with E-state index in [0.717, 1.165) is 0 Å². The van der Waals surface area contributed by atoms with Crippen LogP contribution in [0.2, 0.25) is 0 Å². The van der Waals surface area contributed by atoms with Crippen LogP contribution < -0.4 is 5.32 Å². The van der Waals surface area contributed by atoms with Crippen molar-refractivity contribution in [2.75, 3.05) is 5.32 Å². The Labute approximate surface area is 104 Å². The highest BCUT2D eigenvalue weighted by Gasteiger charge is 2.09. The molecule has 18 heavy (non-hydrogen) atoms. The largest absolute Gasteiger partial charge is 0.322 e. The average Bonchev–Trinajstić information content (AvgIpc) is 2.41. The zero-order valence-corrected chi connectivity index (χ0v) is 9.45. The first-order valence-electron chi connectivity index (χ1n) is 5.32. The normalized spacial score (nSPS) is 9.33. The van der Waals surface area contributed by atoms with Gasteiger partial charge in [0.1, 0.15) is 0 Å². The summed E-state index contributed by atoms with van der Waals surface area (Å²) in [7, 11) is 0. The molecule has 0 aliphatic heterocycles. The van der Waals surface area contributed by atoms with Gasteiger partial charge in [0.25, 0.3) is 5.91 Å². The van der Waals surface area contributed by atoms with E-state index in [9.17, 15) is 4.79 Å². The molecule has 1 N–H and O–H groups in total. The summed E-state index contributed by atoms with van der Waals surface area (Å²) < 4.78 is 0. The first kappa shape index (κ1) is 11.7. The fourth-order valence-corrected chi connectivity index (χ4v) is 1.52. The molecule has 2 rings (SSSR count). The van der Waals surface area contributed by atoms with E-state index in [0.29, 0.717) is 16.9 Å². The molecule has 2 aromatic carbocycles. The van der Waals surface area contributed by atoms with E-state index in [2.05, 4.69) is 15.3 Å². The second kappa shape index (κ2) is 5.52. The predicted octanol–water partition coefficient (Wildman–Crippen LogP) is 3.88. The second-order valence-electron chi connectivity index (χ2n) is 3.53. The lowest BCUT2D eigenvalue weighted by atomic mass is 10.1. The molecule has 2 aromatic rings. The molecule has 0 fully saturated rings. The smallest absolute Gasteiger partial charge is 0.256 e. The van der Waals surface area contributed by atoms with Crippen molar-refractivity contribution in [1.29, 1.82) is 0 Å². The molecule has 0 aliphatic carbocycles. The van der Waals surface area contributed by atoms with Crippen molar-refractivity contribution in [3.8, 4) is 0 Å². The number of anilines is 1. The fraction of sp³-hybridized carbons (Fsp3) is 0. The summed E-state index contributed by atoms with van der Waals surface area (Å²) in [4.78, 5) is 14.7. The van der Waals surface area contributed by atoms with Crippen molar-refractivity contribution in [3.05, 3.63) is 70.6 Å². The molecule has 5 heteroatoms. The van der Waals surface area contributed by atoms with Crippen molar-refractivity contribution in [2.45, 2.75) is 0 Å². The minimum atomic E-state index is -0.302. The molecular weight excluding hydrogens is 228 g/mol. The maximum atomic E-state index is 12.0. The van der Waals surface area contributed by atoms with E-state index in [-0.39, 0.29) is 5.91 Å². The van der Waals surface area contributed by atoms with Gasteiger partial charge < -0.3 is 5.32 Å². The topological polar surface area (TPSA) is 77.9 Å². The van der Waals surface area contributed by atoms with Gasteiger partial charge in [-0.15, -0.1) is 0 Å². The van der Waals surface area contributed by atoms with Crippen LogP contribution in [0.5, 0.6) is 0 Å². The fourth-order valence-electron chi connectivity index (χ4n) is 1.52. The van der Waals surface area contributed by atoms with Crippen molar-refractivity contribution >= 4 is 17.3 Å². The van der Waals surface area contributed by atoms with Crippen LogP contribution in [-0.2, 0) is 0 Å². The number of nitrogens with one attached hydrogen (secondary N) is 1. The molecular formula is C13H10N4O. The SMILES string of the molecule is [N-]=[N+]=Nc1ccccc1C(=O)Nc1ccccc1. The quantitative estimate of drug-likeness (QED) is 0.491. The number of hydrogen-bond acceptors (Lipinski definition) is 2. The maximum absolute atomic E-state index is 12.0. The van der Waals surface area contributed by atoms with Crippen LogP contribution in [-0.4, -0.2) is 5.91 Å². The monoisotopic (exact) mass is 238 g/mol. The van der Waals surface area contributed by atoms with Gasteiger partial charge in [-0.1, -0.05) is 41.5 Å². The van der Waals surface area contributed by atoms with E-state index in [1.807, 2.05) is 18.2 Å². The van der Waals surface area contributed by atoms with Crippen LogP contribution in [0.1, 0.15) is 10.4 Å². The number of carbonyl (C=O) groups is 1. The molecule has 0 bridgehead atoms. The maximum Gasteiger partial charge on any atom is 0.256 e. The zero-order chi connectivity index (χ0) is 12.8. The molecule has 0 aliphatic rings. The van der Waals surface area contributed by atoms with Crippen LogP contribution in [0.15, 0.2) is 59.7 Å². The van der Waals surface area contributed by atoms with E-state index in [4.69, 9.17) is 5.53 Å². The van der Waals surface area contributed by atoms with Crippen LogP contribution in [0.3, 0.4) is 0 Å². The number of hydrogen-bond donors (Lipinski definition) is 1. The summed E-state index contributed by atoms with van der Waals surface area (Å²) in [6, 6.07) is 15.7. The van der Waals surface area contributed by atoms with Crippen molar-refractivity contribution < 1.29 is 4.79 Å². The van der Waals surface area contributed by atoms with E-state index in [1.54, 1.807) is 36.4 Å². The van der Waals surface area contributed by atoms with Crippen LogP contribution in [0.4, 0.5) is 11.4 Å². The zero-order valence-electron chi connectivity index (χ0n) is 9.45. The molecule has 0 heterocycles. The van der Waals surface area contributed by atoms with Gasteiger partial charge in [0.15, 0.2) is 0 Å². The molecule has 0 spiro atoms. The van der Waals surface area contributed by atoms with Gasteiger partial charge in [-0.05, 0) is 23.7 Å². The van der Waals surface area contributed by atoms with Gasteiger partial charge in [0.05, 0.1) is 5.69 Å². The van der Waals surface area contributed by atoms with Crippen LogP contribution in [0.25, 0.3) is 10.4 Å². The van der Waals surface area contributed by atoms with Crippen LogP contribution in [0, 0.1) is 0 Å². The molecule has 5 nitrogen and oxygen atoms in total. The number of benzene rings is 2. The van der Waals surface area contributed by atoms with E-state index >= 15 is 0 Å². The Kier molecular flexibility index (Phi) is 3.59. The van der Waals surface area contributed by atoms with Gasteiger partial charge >= 0.3 is 0 Å². The lowest BCUT2D eigenvalue weighted by Gasteiger charge is -2.06. The first-order valence-corrected chi connectivity index (χ1v) is 5.32. The molecule has 88 valence electrons. The molecule has 1 amide bonds. The molecule has 0 unspecified atom stereocenters. The number of rotatable bonds is 3. The highest BCUT2D eigenvalue weighted by atomic mass is 16.1. The Morgan fingerprint density at radius 2 is 1.72 bits per heavy atom. The molecule has 0 aromatic heterocycles. The Morgan fingerprint density at radius 1 is 1.06 bits per heavy atom. The van der Waals surface area contributed by atoms with Crippen molar-refractivity contribution in [2.24, 2.45) is 5.11 Å². The Bertz CT molecular complexity index is 603. The van der Waals surface area contributed by atoms with Crippen molar-refractivity contribution in [1.82, 2.24) is 0 Å². The highest BCUT2D eigenvalue weighted by Crippen LogP contribution is 2.20. The van der Waals surface area contributed by atoms with E-state index in [1.165, 1.54) is 0 Å². The minimum absolute atomic E-state index is 0.302. The number of azide groups is 1. The molecule has 0 radical (unpaired) electrons. The van der Waals surface area contributed by atoms with Gasteiger partial charge in [0, 0.05) is 16.2 Å². The number of para-hydroxylation sites is 1. The predicted molar refractivity (Wildman–Crippen MR) is 69.6 cm³/mol. The summed E-state index contributed by atoms with van der Waals surface area (Å²) in [5.74, 6) is -0.302. The van der Waals surface area contributed by atoms with Crippen LogP contribution >= 0.6 is 0 Å². The number of nitrogens with zero attached hydrogens (tertiary/aromatic N) is 3. The number of carbonyl (C=O) groups excluding carboxylic acids is 1. The summed E-state index contributed by atoms with van der Waals surface area (Å²) in [5, 5.41) is 6.22. The summed E-state index contributed by atoms with van der Waals surface area (Å²) in [6.45, 7) is 0. The summed E-state index contributed by atoms with van der Waals surface area (Å²) in [5.41, 5.74) is 9.79. The minimum Gasteiger partial charge on any atom is -0.322 e. The Hall–Kier alpha value is -2.78.